The normalized spacial score (nSPS) is 32.9. The number of Topliss-reactive ketones (excluding diaryl/α,β-unsaturated/α-hetero) is 2. The van der Waals surface area contributed by atoms with Crippen molar-refractivity contribution in [2.75, 3.05) is 0 Å². The lowest BCUT2D eigenvalue weighted by Gasteiger charge is -2.21. The van der Waals surface area contributed by atoms with Gasteiger partial charge in [-0.2, -0.15) is 0 Å². The van der Waals surface area contributed by atoms with Gasteiger partial charge < -0.3 is 0 Å². The Balaban J connectivity index is 2.84. The zero-order chi connectivity index (χ0) is 13.1. The Labute approximate surface area is 104 Å². The lowest BCUT2D eigenvalue weighted by Crippen LogP contribution is -2.20. The maximum absolute atomic E-state index is 12.0. The van der Waals surface area contributed by atoms with E-state index in [0.29, 0.717) is 19.3 Å². The monoisotopic (exact) mass is 236 g/mol. The van der Waals surface area contributed by atoms with E-state index < -0.39 is 0 Å². The molecule has 17 heavy (non-hydrogen) atoms. The molecule has 1 aliphatic rings. The number of rotatable bonds is 0. The number of hydrogen-bond acceptors (Lipinski definition) is 2. The highest BCUT2D eigenvalue weighted by atomic mass is 16.1. The summed E-state index contributed by atoms with van der Waals surface area (Å²) in [7, 11) is 0. The molecule has 0 saturated carbocycles. The van der Waals surface area contributed by atoms with E-state index in [1.54, 1.807) is 0 Å². The molecule has 0 aliphatic heterocycles. The molecule has 1 rings (SSSR count). The summed E-state index contributed by atoms with van der Waals surface area (Å²) in [6, 6.07) is 0. The Morgan fingerprint density at radius 3 is 2.41 bits per heavy atom. The van der Waals surface area contributed by atoms with E-state index in [2.05, 4.69) is 26.0 Å². The standard InChI is InChI=1S/C15H24O2/c1-11-6-5-9-15(3,4)10-14(17)12(2)7-8-13(11)16/h5,9,11-12H,6-8,10H2,1-4H3/b9-5+/t11-,12+/m0/s1. The van der Waals surface area contributed by atoms with Crippen molar-refractivity contribution in [1.29, 1.82) is 0 Å². The molecule has 0 aromatic carbocycles. The first-order valence-corrected chi connectivity index (χ1v) is 6.55. The zero-order valence-corrected chi connectivity index (χ0v) is 11.5. The number of ketones is 2. The molecule has 2 nitrogen and oxygen atoms in total. The first-order chi connectivity index (χ1) is 7.82. The fraction of sp³-hybridized carbons (Fsp3) is 0.733. The molecule has 0 fully saturated rings. The predicted molar refractivity (Wildman–Crippen MR) is 69.7 cm³/mol. The summed E-state index contributed by atoms with van der Waals surface area (Å²) in [6.45, 7) is 8.08. The number of hydrogen-bond donors (Lipinski definition) is 0. The molecule has 0 amide bonds. The quantitative estimate of drug-likeness (QED) is 0.603. The zero-order valence-electron chi connectivity index (χ0n) is 11.5. The third-order valence-corrected chi connectivity index (χ3v) is 3.61. The molecule has 0 heterocycles. The molecule has 0 bridgehead atoms. The van der Waals surface area contributed by atoms with Crippen LogP contribution in [0.1, 0.15) is 53.4 Å². The van der Waals surface area contributed by atoms with Crippen molar-refractivity contribution in [3.8, 4) is 0 Å². The Kier molecular flexibility index (Phi) is 4.67. The van der Waals surface area contributed by atoms with Gasteiger partial charge in [0.15, 0.2) is 0 Å². The van der Waals surface area contributed by atoms with E-state index in [1.165, 1.54) is 0 Å². The van der Waals surface area contributed by atoms with Crippen LogP contribution in [-0.4, -0.2) is 11.6 Å². The first kappa shape index (κ1) is 14.1. The minimum absolute atomic E-state index is 0.0110. The molecule has 0 unspecified atom stereocenters. The van der Waals surface area contributed by atoms with E-state index >= 15 is 0 Å². The average Bonchev–Trinajstić information content (AvgIpc) is 2.23. The average molecular weight is 236 g/mol. The second-order valence-corrected chi connectivity index (χ2v) is 6.08. The van der Waals surface area contributed by atoms with E-state index in [1.807, 2.05) is 13.8 Å². The summed E-state index contributed by atoms with van der Waals surface area (Å²) in [5, 5.41) is 0. The van der Waals surface area contributed by atoms with Crippen molar-refractivity contribution in [3.05, 3.63) is 12.2 Å². The van der Waals surface area contributed by atoms with Gasteiger partial charge in [-0.05, 0) is 18.3 Å². The van der Waals surface area contributed by atoms with Crippen molar-refractivity contribution in [2.45, 2.75) is 53.4 Å². The fourth-order valence-electron chi connectivity index (χ4n) is 2.17. The smallest absolute Gasteiger partial charge is 0.136 e. The third kappa shape index (κ3) is 4.45. The van der Waals surface area contributed by atoms with Crippen molar-refractivity contribution in [3.63, 3.8) is 0 Å². The summed E-state index contributed by atoms with van der Waals surface area (Å²) >= 11 is 0. The predicted octanol–water partition coefficient (Wildman–Crippen LogP) is 3.55. The lowest BCUT2D eigenvalue weighted by atomic mass is 9.83. The van der Waals surface area contributed by atoms with Crippen LogP contribution in [0.3, 0.4) is 0 Å². The van der Waals surface area contributed by atoms with Crippen LogP contribution < -0.4 is 0 Å². The highest BCUT2D eigenvalue weighted by Gasteiger charge is 2.24. The number of carbonyl (C=O) groups is 2. The molecular formula is C15H24O2. The minimum Gasteiger partial charge on any atom is -0.299 e. The van der Waals surface area contributed by atoms with Crippen molar-refractivity contribution >= 4 is 11.6 Å². The highest BCUT2D eigenvalue weighted by Crippen LogP contribution is 2.27. The Bertz CT molecular complexity index is 326. The Morgan fingerprint density at radius 2 is 1.76 bits per heavy atom. The summed E-state index contributed by atoms with van der Waals surface area (Å²) < 4.78 is 0. The van der Waals surface area contributed by atoms with Crippen LogP contribution in [0.4, 0.5) is 0 Å². The summed E-state index contributed by atoms with van der Waals surface area (Å²) in [6.07, 6.45) is 6.77. The number of carbonyl (C=O) groups excluding carboxylic acids is 2. The molecule has 2 atom stereocenters. The molecule has 0 N–H and O–H groups in total. The summed E-state index contributed by atoms with van der Waals surface area (Å²) in [5.74, 6) is 0.662. The lowest BCUT2D eigenvalue weighted by molar-refractivity contribution is -0.125. The van der Waals surface area contributed by atoms with E-state index in [0.717, 1.165) is 6.42 Å². The van der Waals surface area contributed by atoms with Crippen LogP contribution in [0.5, 0.6) is 0 Å². The molecule has 2 heteroatoms. The molecule has 0 aromatic heterocycles. The Hall–Kier alpha value is -0.920. The van der Waals surface area contributed by atoms with Crippen LogP contribution in [0, 0.1) is 17.3 Å². The van der Waals surface area contributed by atoms with Crippen LogP contribution in [0.2, 0.25) is 0 Å². The van der Waals surface area contributed by atoms with Gasteiger partial charge in [-0.15, -0.1) is 0 Å². The van der Waals surface area contributed by atoms with Crippen molar-refractivity contribution < 1.29 is 9.59 Å². The van der Waals surface area contributed by atoms with Gasteiger partial charge in [0.2, 0.25) is 0 Å². The van der Waals surface area contributed by atoms with Gasteiger partial charge in [0.05, 0.1) is 0 Å². The Morgan fingerprint density at radius 1 is 1.12 bits per heavy atom. The van der Waals surface area contributed by atoms with E-state index in [-0.39, 0.29) is 28.8 Å². The highest BCUT2D eigenvalue weighted by molar-refractivity contribution is 5.84. The van der Waals surface area contributed by atoms with Crippen LogP contribution >= 0.6 is 0 Å². The van der Waals surface area contributed by atoms with Gasteiger partial charge in [0.1, 0.15) is 11.6 Å². The van der Waals surface area contributed by atoms with Crippen LogP contribution in [0.25, 0.3) is 0 Å². The third-order valence-electron chi connectivity index (χ3n) is 3.61. The van der Waals surface area contributed by atoms with Gasteiger partial charge in [-0.3, -0.25) is 9.59 Å². The van der Waals surface area contributed by atoms with Gasteiger partial charge >= 0.3 is 0 Å². The van der Waals surface area contributed by atoms with Crippen LogP contribution in [-0.2, 0) is 9.59 Å². The molecule has 96 valence electrons. The van der Waals surface area contributed by atoms with Gasteiger partial charge in [0.25, 0.3) is 0 Å². The second-order valence-electron chi connectivity index (χ2n) is 6.08. The second kappa shape index (κ2) is 5.61. The van der Waals surface area contributed by atoms with E-state index in [9.17, 15) is 9.59 Å². The fourth-order valence-corrected chi connectivity index (χ4v) is 2.17. The molecule has 0 spiro atoms. The van der Waals surface area contributed by atoms with Crippen molar-refractivity contribution in [2.24, 2.45) is 17.3 Å². The number of allylic oxidation sites excluding steroid dienone is 2. The minimum atomic E-state index is -0.0849. The van der Waals surface area contributed by atoms with Crippen LogP contribution in [0.15, 0.2) is 12.2 Å². The molecule has 0 saturated heterocycles. The first-order valence-electron chi connectivity index (χ1n) is 6.55. The maximum Gasteiger partial charge on any atom is 0.136 e. The molecular weight excluding hydrogens is 212 g/mol. The molecule has 0 aromatic rings. The summed E-state index contributed by atoms with van der Waals surface area (Å²) in [5.41, 5.74) is -0.0849. The topological polar surface area (TPSA) is 34.1 Å². The molecule has 0 radical (unpaired) electrons. The van der Waals surface area contributed by atoms with E-state index in [4.69, 9.17) is 0 Å². The van der Waals surface area contributed by atoms with Crippen molar-refractivity contribution in [1.82, 2.24) is 0 Å². The maximum atomic E-state index is 12.0. The summed E-state index contributed by atoms with van der Waals surface area (Å²) in [4.78, 5) is 23.8. The van der Waals surface area contributed by atoms with Gasteiger partial charge in [0, 0.05) is 24.7 Å². The van der Waals surface area contributed by atoms with Gasteiger partial charge in [-0.25, -0.2) is 0 Å². The largest absolute Gasteiger partial charge is 0.299 e. The molecule has 1 aliphatic carbocycles. The SMILES string of the molecule is C[C@@H]1CCC(=O)[C@@H](C)C/C=C/C(C)(C)CC1=O. The van der Waals surface area contributed by atoms with Gasteiger partial charge in [-0.1, -0.05) is 39.8 Å².